The third kappa shape index (κ3) is 2.51. The summed E-state index contributed by atoms with van der Waals surface area (Å²) >= 11 is 0. The van der Waals surface area contributed by atoms with E-state index in [4.69, 9.17) is 5.11 Å². The molecule has 1 aliphatic carbocycles. The molecule has 1 N–H and O–H groups in total. The first-order valence-electron chi connectivity index (χ1n) is 5.97. The summed E-state index contributed by atoms with van der Waals surface area (Å²) in [6.45, 7) is 5.62. The Morgan fingerprint density at radius 3 is 2.53 bits per heavy atom. The number of carbonyl (C=O) groups is 1. The molecule has 2 rings (SSSR count). The Morgan fingerprint density at radius 1 is 1.40 bits per heavy atom. The third-order valence-electron chi connectivity index (χ3n) is 3.79. The zero-order valence-corrected chi connectivity index (χ0v) is 9.70. The molecule has 0 aromatic heterocycles. The number of nitrogens with zero attached hydrogens (tertiary/aromatic N) is 1. The van der Waals surface area contributed by atoms with E-state index in [1.807, 2.05) is 0 Å². The quantitative estimate of drug-likeness (QED) is 0.777. The predicted octanol–water partition coefficient (Wildman–Crippen LogP) is 2.11. The molecule has 2 fully saturated rings. The highest BCUT2D eigenvalue weighted by Gasteiger charge is 2.42. The van der Waals surface area contributed by atoms with E-state index in [1.54, 1.807) is 0 Å². The molecule has 1 atom stereocenters. The minimum atomic E-state index is -0.643. The molecule has 1 saturated carbocycles. The van der Waals surface area contributed by atoms with Crippen LogP contribution in [0.3, 0.4) is 0 Å². The van der Waals surface area contributed by atoms with Gasteiger partial charge in [-0.05, 0) is 52.0 Å². The zero-order chi connectivity index (χ0) is 11.1. The fourth-order valence-electron chi connectivity index (χ4n) is 3.03. The van der Waals surface area contributed by atoms with Crippen LogP contribution in [-0.4, -0.2) is 34.1 Å². The molecule has 1 saturated heterocycles. The highest BCUT2D eigenvalue weighted by molar-refractivity contribution is 5.67. The first kappa shape index (κ1) is 10.9. The average Bonchev–Trinajstić information content (AvgIpc) is 2.84. The maximum absolute atomic E-state index is 10.7. The van der Waals surface area contributed by atoms with Gasteiger partial charge in [-0.3, -0.25) is 9.69 Å². The Hall–Kier alpha value is -0.570. The lowest BCUT2D eigenvalue weighted by molar-refractivity contribution is -0.138. The van der Waals surface area contributed by atoms with Crippen molar-refractivity contribution >= 4 is 5.97 Å². The number of piperidine rings is 1. The zero-order valence-electron chi connectivity index (χ0n) is 9.70. The maximum Gasteiger partial charge on any atom is 0.303 e. The molecule has 86 valence electrons. The van der Waals surface area contributed by atoms with Crippen LogP contribution in [0.2, 0.25) is 0 Å². The molecule has 2 aliphatic rings. The van der Waals surface area contributed by atoms with Crippen LogP contribution in [-0.2, 0) is 4.79 Å². The van der Waals surface area contributed by atoms with Crippen molar-refractivity contribution < 1.29 is 9.90 Å². The summed E-state index contributed by atoms with van der Waals surface area (Å²) in [7, 11) is 0. The molecule has 1 heterocycles. The Balaban J connectivity index is 1.94. The van der Waals surface area contributed by atoms with Gasteiger partial charge in [-0.25, -0.2) is 0 Å². The maximum atomic E-state index is 10.7. The minimum absolute atomic E-state index is 0.208. The Bertz CT molecular complexity index is 258. The molecule has 0 aromatic rings. The molecule has 15 heavy (non-hydrogen) atoms. The molecule has 0 radical (unpaired) electrons. The second kappa shape index (κ2) is 3.78. The van der Waals surface area contributed by atoms with Crippen LogP contribution in [0.25, 0.3) is 0 Å². The van der Waals surface area contributed by atoms with Gasteiger partial charge < -0.3 is 5.11 Å². The topological polar surface area (TPSA) is 40.5 Å². The summed E-state index contributed by atoms with van der Waals surface area (Å²) in [5, 5.41) is 8.81. The van der Waals surface area contributed by atoms with E-state index in [2.05, 4.69) is 18.7 Å². The van der Waals surface area contributed by atoms with E-state index in [9.17, 15) is 4.79 Å². The lowest BCUT2D eigenvalue weighted by Gasteiger charge is -2.45. The summed E-state index contributed by atoms with van der Waals surface area (Å²) in [5.41, 5.74) is 0.208. The van der Waals surface area contributed by atoms with E-state index < -0.39 is 5.97 Å². The lowest BCUT2D eigenvalue weighted by atomic mass is 9.81. The molecule has 0 spiro atoms. The molecule has 3 heteroatoms. The molecule has 3 nitrogen and oxygen atoms in total. The van der Waals surface area contributed by atoms with E-state index in [1.165, 1.54) is 12.8 Å². The smallest absolute Gasteiger partial charge is 0.303 e. The van der Waals surface area contributed by atoms with Crippen LogP contribution >= 0.6 is 0 Å². The van der Waals surface area contributed by atoms with Crippen LogP contribution < -0.4 is 0 Å². The van der Waals surface area contributed by atoms with Crippen molar-refractivity contribution in [1.29, 1.82) is 0 Å². The van der Waals surface area contributed by atoms with E-state index in [0.29, 0.717) is 12.3 Å². The fourth-order valence-corrected chi connectivity index (χ4v) is 3.03. The van der Waals surface area contributed by atoms with Gasteiger partial charge in [-0.1, -0.05) is 0 Å². The van der Waals surface area contributed by atoms with Gasteiger partial charge in [0.1, 0.15) is 0 Å². The minimum Gasteiger partial charge on any atom is -0.481 e. The molecular weight excluding hydrogens is 190 g/mol. The van der Waals surface area contributed by atoms with Gasteiger partial charge in [-0.2, -0.15) is 0 Å². The van der Waals surface area contributed by atoms with Crippen molar-refractivity contribution in [3.05, 3.63) is 0 Å². The fraction of sp³-hybridized carbons (Fsp3) is 0.917. The molecule has 0 aromatic carbocycles. The second-order valence-corrected chi connectivity index (χ2v) is 5.69. The highest BCUT2D eigenvalue weighted by atomic mass is 16.4. The van der Waals surface area contributed by atoms with Gasteiger partial charge in [0.05, 0.1) is 0 Å². The van der Waals surface area contributed by atoms with E-state index >= 15 is 0 Å². The number of carboxylic acids is 1. The number of aliphatic carboxylic acids is 1. The van der Waals surface area contributed by atoms with Crippen molar-refractivity contribution in [3.8, 4) is 0 Å². The summed E-state index contributed by atoms with van der Waals surface area (Å²) in [5.74, 6) is -0.261. The van der Waals surface area contributed by atoms with Crippen LogP contribution in [0, 0.1) is 5.92 Å². The van der Waals surface area contributed by atoms with Gasteiger partial charge in [0.25, 0.3) is 0 Å². The van der Waals surface area contributed by atoms with E-state index in [0.717, 1.165) is 25.4 Å². The monoisotopic (exact) mass is 211 g/mol. The molecule has 1 unspecified atom stereocenters. The molecule has 0 amide bonds. The number of hydrogen-bond acceptors (Lipinski definition) is 2. The second-order valence-electron chi connectivity index (χ2n) is 5.69. The first-order chi connectivity index (χ1) is 6.99. The predicted molar refractivity (Wildman–Crippen MR) is 58.8 cm³/mol. The van der Waals surface area contributed by atoms with Gasteiger partial charge in [0.15, 0.2) is 0 Å². The van der Waals surface area contributed by atoms with Crippen molar-refractivity contribution in [2.75, 3.05) is 6.54 Å². The summed E-state index contributed by atoms with van der Waals surface area (Å²) in [6, 6.07) is 0.797. The normalized spacial score (nSPS) is 31.5. The SMILES string of the molecule is CC1(C)CC(CC(=O)O)CCN1C1CC1. The van der Waals surface area contributed by atoms with Crippen molar-refractivity contribution in [1.82, 2.24) is 4.90 Å². The number of hydrogen-bond donors (Lipinski definition) is 1. The molecule has 0 bridgehead atoms. The van der Waals surface area contributed by atoms with Gasteiger partial charge in [0.2, 0.25) is 0 Å². The van der Waals surface area contributed by atoms with Crippen LogP contribution in [0.1, 0.15) is 46.0 Å². The number of carboxylic acid groups (broad SMARTS) is 1. The number of rotatable bonds is 3. The van der Waals surface area contributed by atoms with Gasteiger partial charge in [0, 0.05) is 18.0 Å². The lowest BCUT2D eigenvalue weighted by Crippen LogP contribution is -2.51. The summed E-state index contributed by atoms with van der Waals surface area (Å²) < 4.78 is 0. The van der Waals surface area contributed by atoms with Crippen LogP contribution in [0.5, 0.6) is 0 Å². The Morgan fingerprint density at radius 2 is 2.07 bits per heavy atom. The third-order valence-corrected chi connectivity index (χ3v) is 3.79. The Kier molecular flexibility index (Phi) is 2.75. The Labute approximate surface area is 91.5 Å². The molecular formula is C12H21NO2. The summed E-state index contributed by atoms with van der Waals surface area (Å²) in [4.78, 5) is 13.3. The van der Waals surface area contributed by atoms with Crippen LogP contribution in [0.4, 0.5) is 0 Å². The van der Waals surface area contributed by atoms with Crippen molar-refractivity contribution in [2.24, 2.45) is 5.92 Å². The van der Waals surface area contributed by atoms with Gasteiger partial charge in [-0.15, -0.1) is 0 Å². The van der Waals surface area contributed by atoms with E-state index in [-0.39, 0.29) is 5.54 Å². The van der Waals surface area contributed by atoms with Crippen molar-refractivity contribution in [3.63, 3.8) is 0 Å². The van der Waals surface area contributed by atoms with Gasteiger partial charge >= 0.3 is 5.97 Å². The highest BCUT2D eigenvalue weighted by Crippen LogP contribution is 2.40. The van der Waals surface area contributed by atoms with Crippen LogP contribution in [0.15, 0.2) is 0 Å². The largest absolute Gasteiger partial charge is 0.481 e. The van der Waals surface area contributed by atoms with Crippen molar-refractivity contribution in [2.45, 2.75) is 57.5 Å². The first-order valence-corrected chi connectivity index (χ1v) is 5.97. The molecule has 1 aliphatic heterocycles. The standard InChI is InChI=1S/C12H21NO2/c1-12(2)8-9(7-11(14)15)5-6-13(12)10-3-4-10/h9-10H,3-8H2,1-2H3,(H,14,15). The summed E-state index contributed by atoms with van der Waals surface area (Å²) in [6.07, 6.45) is 5.13. The average molecular weight is 211 g/mol. The number of likely N-dealkylation sites (tertiary alicyclic amines) is 1.